The van der Waals surface area contributed by atoms with Crippen LogP contribution in [0.1, 0.15) is 92.9 Å². The van der Waals surface area contributed by atoms with Crippen molar-refractivity contribution in [1.82, 2.24) is 4.90 Å². The van der Waals surface area contributed by atoms with Crippen LogP contribution in [0.4, 0.5) is 0 Å². The standard InChI is InChI=1S/C21H41NO3.2C3H6O2/c1-8-9-13-20(24-6)17(2)11-10-12-18(3)21(25-7)19(4)14-15-22(5)16-23;2*1-2-3(4)5/h14-21H,8-13H2,1-7H3;2*2H2,1H3,(H,4,5). The normalized spacial score (nSPS) is 14.9. The molecule has 0 rings (SSSR count). The van der Waals surface area contributed by atoms with E-state index in [-0.39, 0.29) is 24.9 Å². The van der Waals surface area contributed by atoms with Crippen LogP contribution in [0.25, 0.3) is 0 Å². The smallest absolute Gasteiger partial charge is 0.303 e. The molecule has 0 saturated heterocycles. The third-order valence-electron chi connectivity index (χ3n) is 5.85. The van der Waals surface area contributed by atoms with E-state index in [1.54, 1.807) is 28.0 Å². The molecule has 0 aliphatic carbocycles. The first-order valence-corrected chi connectivity index (χ1v) is 12.8. The van der Waals surface area contributed by atoms with Crippen LogP contribution in [0, 0.1) is 17.8 Å². The Morgan fingerprint density at radius 1 is 0.857 bits per heavy atom. The van der Waals surface area contributed by atoms with E-state index >= 15 is 0 Å². The van der Waals surface area contributed by atoms with Crippen molar-refractivity contribution in [3.8, 4) is 0 Å². The van der Waals surface area contributed by atoms with E-state index in [1.165, 1.54) is 30.6 Å². The van der Waals surface area contributed by atoms with E-state index < -0.39 is 11.9 Å². The number of hydrogen-bond acceptors (Lipinski definition) is 5. The number of nitrogens with zero attached hydrogens (tertiary/aromatic N) is 1. The average molecular weight is 504 g/mol. The molecule has 5 unspecified atom stereocenters. The number of carbonyl (C=O) groups is 3. The first kappa shape index (κ1) is 37.6. The quantitative estimate of drug-likeness (QED) is 0.239. The number of carbonyl (C=O) groups excluding carboxylic acids is 1. The molecule has 35 heavy (non-hydrogen) atoms. The molecular weight excluding hydrogens is 450 g/mol. The van der Waals surface area contributed by atoms with Crippen molar-refractivity contribution in [3.05, 3.63) is 12.3 Å². The van der Waals surface area contributed by atoms with Crippen LogP contribution in [0.5, 0.6) is 0 Å². The van der Waals surface area contributed by atoms with Crippen molar-refractivity contribution in [3.63, 3.8) is 0 Å². The molecule has 0 spiro atoms. The summed E-state index contributed by atoms with van der Waals surface area (Å²) >= 11 is 0. The summed E-state index contributed by atoms with van der Waals surface area (Å²) < 4.78 is 11.4. The lowest BCUT2D eigenvalue weighted by Crippen LogP contribution is -2.28. The monoisotopic (exact) mass is 503 g/mol. The van der Waals surface area contributed by atoms with Crippen molar-refractivity contribution in [2.24, 2.45) is 17.8 Å². The number of aliphatic carboxylic acids is 2. The minimum atomic E-state index is -0.745. The van der Waals surface area contributed by atoms with Gasteiger partial charge in [0.2, 0.25) is 6.41 Å². The molecule has 208 valence electrons. The Hall–Kier alpha value is -1.93. The molecule has 0 bridgehead atoms. The summed E-state index contributed by atoms with van der Waals surface area (Å²) in [6.07, 6.45) is 12.8. The average Bonchev–Trinajstić information content (AvgIpc) is 2.83. The maximum absolute atomic E-state index is 10.7. The van der Waals surface area contributed by atoms with Crippen molar-refractivity contribution in [2.75, 3.05) is 21.3 Å². The summed E-state index contributed by atoms with van der Waals surface area (Å²) in [7, 11) is 5.36. The molecule has 0 aliphatic heterocycles. The lowest BCUT2D eigenvalue weighted by atomic mass is 9.87. The maximum atomic E-state index is 10.7. The molecule has 8 nitrogen and oxygen atoms in total. The summed E-state index contributed by atoms with van der Waals surface area (Å²) in [6, 6.07) is 0. The first-order chi connectivity index (χ1) is 16.4. The van der Waals surface area contributed by atoms with E-state index in [9.17, 15) is 14.4 Å². The number of unbranched alkanes of at least 4 members (excludes halogenated alkanes) is 1. The van der Waals surface area contributed by atoms with Crippen molar-refractivity contribution < 1.29 is 34.1 Å². The van der Waals surface area contributed by atoms with Gasteiger partial charge in [0, 0.05) is 46.2 Å². The lowest BCUT2D eigenvalue weighted by molar-refractivity contribution is -0.137. The second kappa shape index (κ2) is 25.2. The molecule has 0 fully saturated rings. The molecule has 0 aromatic heterocycles. The number of carboxylic acids is 2. The Morgan fingerprint density at radius 2 is 1.34 bits per heavy atom. The largest absolute Gasteiger partial charge is 0.481 e. The van der Waals surface area contributed by atoms with Crippen molar-refractivity contribution >= 4 is 18.3 Å². The van der Waals surface area contributed by atoms with E-state index in [0.29, 0.717) is 17.9 Å². The molecule has 8 heteroatoms. The third-order valence-corrected chi connectivity index (χ3v) is 5.85. The van der Waals surface area contributed by atoms with Gasteiger partial charge in [-0.25, -0.2) is 0 Å². The molecule has 0 aromatic carbocycles. The van der Waals surface area contributed by atoms with Gasteiger partial charge in [-0.15, -0.1) is 0 Å². The Bertz CT molecular complexity index is 540. The van der Waals surface area contributed by atoms with Crippen molar-refractivity contribution in [2.45, 2.75) is 105 Å². The van der Waals surface area contributed by atoms with Gasteiger partial charge in [-0.2, -0.15) is 0 Å². The zero-order chi connectivity index (χ0) is 27.8. The Morgan fingerprint density at radius 3 is 1.71 bits per heavy atom. The van der Waals surface area contributed by atoms with Gasteiger partial charge in [-0.05, 0) is 31.1 Å². The molecule has 0 saturated carbocycles. The van der Waals surface area contributed by atoms with Crippen LogP contribution in [-0.4, -0.2) is 66.9 Å². The second-order valence-corrected chi connectivity index (χ2v) is 8.97. The Kier molecular flexibility index (Phi) is 27.1. The number of carboxylic acid groups (broad SMARTS) is 2. The highest BCUT2D eigenvalue weighted by Gasteiger charge is 2.23. The molecule has 5 atom stereocenters. The summed E-state index contributed by atoms with van der Waals surface area (Å²) in [5, 5.41) is 15.4. The van der Waals surface area contributed by atoms with E-state index in [0.717, 1.165) is 19.3 Å². The van der Waals surface area contributed by atoms with E-state index in [4.69, 9.17) is 19.7 Å². The summed E-state index contributed by atoms with van der Waals surface area (Å²) in [5.41, 5.74) is 0. The molecular formula is C27H53NO7. The minimum Gasteiger partial charge on any atom is -0.481 e. The fourth-order valence-corrected chi connectivity index (χ4v) is 3.53. The molecule has 0 heterocycles. The zero-order valence-electron chi connectivity index (χ0n) is 23.7. The number of methoxy groups -OCH3 is 2. The van der Waals surface area contributed by atoms with Crippen LogP contribution in [0.3, 0.4) is 0 Å². The first-order valence-electron chi connectivity index (χ1n) is 12.8. The number of amides is 1. The van der Waals surface area contributed by atoms with Crippen LogP contribution in [0.2, 0.25) is 0 Å². The zero-order valence-corrected chi connectivity index (χ0v) is 23.7. The van der Waals surface area contributed by atoms with Gasteiger partial charge in [0.25, 0.3) is 0 Å². The highest BCUT2D eigenvalue weighted by molar-refractivity contribution is 5.66. The maximum Gasteiger partial charge on any atom is 0.303 e. The topological polar surface area (TPSA) is 113 Å². The fourth-order valence-electron chi connectivity index (χ4n) is 3.53. The van der Waals surface area contributed by atoms with E-state index in [1.807, 2.05) is 19.4 Å². The van der Waals surface area contributed by atoms with Crippen LogP contribution in [-0.2, 0) is 23.9 Å². The van der Waals surface area contributed by atoms with Gasteiger partial charge in [0.15, 0.2) is 0 Å². The van der Waals surface area contributed by atoms with Gasteiger partial charge >= 0.3 is 11.9 Å². The third kappa shape index (κ3) is 23.6. The second-order valence-electron chi connectivity index (χ2n) is 8.97. The molecule has 0 aromatic rings. The van der Waals surface area contributed by atoms with Gasteiger partial charge in [0.05, 0.1) is 12.2 Å². The van der Waals surface area contributed by atoms with E-state index in [2.05, 4.69) is 27.7 Å². The summed E-state index contributed by atoms with van der Waals surface area (Å²) in [4.78, 5) is 30.9. The SMILES string of the molecule is CCC(=O)O.CCC(=O)O.CCCCC(OC)C(C)CCCC(C)C(OC)C(C)C=CN(C)C=O. The Balaban J connectivity index is -0.000000853. The molecule has 1 amide bonds. The van der Waals surface area contributed by atoms with Crippen LogP contribution in [0.15, 0.2) is 12.3 Å². The molecule has 0 aliphatic rings. The molecule has 2 N–H and O–H groups in total. The predicted molar refractivity (Wildman–Crippen MR) is 141 cm³/mol. The summed E-state index contributed by atoms with van der Waals surface area (Å²) in [5.74, 6) is -0.135. The Labute approximate surface area is 214 Å². The highest BCUT2D eigenvalue weighted by atomic mass is 16.5. The van der Waals surface area contributed by atoms with Gasteiger partial charge < -0.3 is 24.6 Å². The summed E-state index contributed by atoms with van der Waals surface area (Å²) in [6.45, 7) is 12.1. The lowest BCUT2D eigenvalue weighted by Gasteiger charge is -2.28. The predicted octanol–water partition coefficient (Wildman–Crippen LogP) is 5.85. The number of ether oxygens (including phenoxy) is 2. The van der Waals surface area contributed by atoms with Gasteiger partial charge in [-0.3, -0.25) is 14.4 Å². The minimum absolute atomic E-state index is 0.171. The van der Waals surface area contributed by atoms with Gasteiger partial charge in [0.1, 0.15) is 0 Å². The van der Waals surface area contributed by atoms with Gasteiger partial charge in [-0.1, -0.05) is 66.9 Å². The fraction of sp³-hybridized carbons (Fsp3) is 0.815. The van der Waals surface area contributed by atoms with Crippen LogP contribution < -0.4 is 0 Å². The van der Waals surface area contributed by atoms with Crippen molar-refractivity contribution in [1.29, 1.82) is 0 Å². The molecule has 0 radical (unpaired) electrons. The number of rotatable bonds is 17. The van der Waals surface area contributed by atoms with Crippen LogP contribution >= 0.6 is 0 Å². The number of hydrogen-bond donors (Lipinski definition) is 2. The highest BCUT2D eigenvalue weighted by Crippen LogP contribution is 2.25.